The van der Waals surface area contributed by atoms with Gasteiger partial charge in [-0.05, 0) is 31.7 Å². The molecule has 3 rings (SSSR count). The largest absolute Gasteiger partial charge is 0.480 e. The number of imidazole rings is 1. The Kier molecular flexibility index (Phi) is 5.91. The van der Waals surface area contributed by atoms with Crippen LogP contribution in [0.3, 0.4) is 0 Å². The zero-order valence-electron chi connectivity index (χ0n) is 15.7. The minimum atomic E-state index is -0.948. The zero-order chi connectivity index (χ0) is 19.4. The predicted molar refractivity (Wildman–Crippen MR) is 108 cm³/mol. The highest BCUT2D eigenvalue weighted by Gasteiger charge is 2.17. The lowest BCUT2D eigenvalue weighted by Gasteiger charge is -2.11. The monoisotopic (exact) mass is 369 g/mol. The SMILES string of the molecule is CCCCc1nc2c(N)nc3ccccc3c2n1CCCCC(N)C(=O)O. The molecule has 0 saturated heterocycles. The van der Waals surface area contributed by atoms with Crippen molar-refractivity contribution in [2.24, 2.45) is 5.73 Å². The van der Waals surface area contributed by atoms with Crippen LogP contribution in [0, 0.1) is 0 Å². The number of anilines is 1. The molecule has 0 radical (unpaired) electrons. The summed E-state index contributed by atoms with van der Waals surface area (Å²) in [5.74, 6) is 0.517. The second-order valence-corrected chi connectivity index (χ2v) is 6.94. The Morgan fingerprint density at radius 3 is 2.74 bits per heavy atom. The molecule has 144 valence electrons. The number of hydrogen-bond acceptors (Lipinski definition) is 5. The maximum absolute atomic E-state index is 10.9. The van der Waals surface area contributed by atoms with E-state index in [1.807, 2.05) is 24.3 Å². The lowest BCUT2D eigenvalue weighted by molar-refractivity contribution is -0.138. The number of aromatic nitrogens is 3. The van der Waals surface area contributed by atoms with Gasteiger partial charge in [-0.15, -0.1) is 0 Å². The first-order valence-corrected chi connectivity index (χ1v) is 9.54. The summed E-state index contributed by atoms with van der Waals surface area (Å²) in [4.78, 5) is 20.2. The first-order chi connectivity index (χ1) is 13.0. The van der Waals surface area contributed by atoms with Gasteiger partial charge in [-0.3, -0.25) is 4.79 Å². The lowest BCUT2D eigenvalue weighted by Crippen LogP contribution is -2.29. The number of carbonyl (C=O) groups is 1. The Balaban J connectivity index is 1.96. The average Bonchev–Trinajstić information content (AvgIpc) is 3.02. The molecule has 1 aromatic carbocycles. The van der Waals surface area contributed by atoms with Gasteiger partial charge in [-0.25, -0.2) is 9.97 Å². The fourth-order valence-corrected chi connectivity index (χ4v) is 3.43. The van der Waals surface area contributed by atoms with E-state index in [-0.39, 0.29) is 0 Å². The summed E-state index contributed by atoms with van der Waals surface area (Å²) in [6, 6.07) is 7.15. The van der Waals surface area contributed by atoms with E-state index < -0.39 is 12.0 Å². The van der Waals surface area contributed by atoms with E-state index in [2.05, 4.69) is 16.5 Å². The smallest absolute Gasteiger partial charge is 0.320 e. The minimum absolute atomic E-state index is 0.452. The first-order valence-electron chi connectivity index (χ1n) is 9.54. The summed E-state index contributed by atoms with van der Waals surface area (Å²) >= 11 is 0. The van der Waals surface area contributed by atoms with Gasteiger partial charge in [0.15, 0.2) is 5.82 Å². The Morgan fingerprint density at radius 1 is 1.22 bits per heavy atom. The fourth-order valence-electron chi connectivity index (χ4n) is 3.43. The van der Waals surface area contributed by atoms with Gasteiger partial charge < -0.3 is 21.1 Å². The summed E-state index contributed by atoms with van der Waals surface area (Å²) in [6.45, 7) is 2.92. The molecule has 0 saturated carbocycles. The molecule has 1 unspecified atom stereocenters. The number of rotatable bonds is 9. The van der Waals surface area contributed by atoms with Crippen molar-refractivity contribution in [1.82, 2.24) is 14.5 Å². The van der Waals surface area contributed by atoms with Crippen LogP contribution in [-0.2, 0) is 17.8 Å². The van der Waals surface area contributed by atoms with Gasteiger partial charge in [-0.1, -0.05) is 31.5 Å². The molecule has 0 aliphatic heterocycles. The molecule has 3 aromatic rings. The van der Waals surface area contributed by atoms with Crippen molar-refractivity contribution >= 4 is 33.7 Å². The molecular formula is C20H27N5O2. The molecule has 0 aliphatic carbocycles. The van der Waals surface area contributed by atoms with Crippen molar-refractivity contribution in [1.29, 1.82) is 0 Å². The zero-order valence-corrected chi connectivity index (χ0v) is 15.7. The number of benzene rings is 1. The van der Waals surface area contributed by atoms with Crippen molar-refractivity contribution in [3.8, 4) is 0 Å². The van der Waals surface area contributed by atoms with Crippen LogP contribution < -0.4 is 11.5 Å². The summed E-state index contributed by atoms with van der Waals surface area (Å²) in [5, 5.41) is 9.98. The van der Waals surface area contributed by atoms with Crippen LogP contribution in [-0.4, -0.2) is 31.7 Å². The third-order valence-electron chi connectivity index (χ3n) is 4.91. The minimum Gasteiger partial charge on any atom is -0.480 e. The molecule has 0 bridgehead atoms. The van der Waals surface area contributed by atoms with Crippen LogP contribution in [0.25, 0.3) is 21.9 Å². The van der Waals surface area contributed by atoms with E-state index in [1.54, 1.807) is 0 Å². The average molecular weight is 369 g/mol. The van der Waals surface area contributed by atoms with Crippen LogP contribution in [0.15, 0.2) is 24.3 Å². The number of carboxylic acids is 1. The number of fused-ring (bicyclic) bond motifs is 3. The molecule has 0 spiro atoms. The molecule has 2 heterocycles. The highest BCUT2D eigenvalue weighted by molar-refractivity contribution is 6.06. The molecule has 0 aliphatic rings. The van der Waals surface area contributed by atoms with Gasteiger partial charge in [0, 0.05) is 18.4 Å². The van der Waals surface area contributed by atoms with E-state index in [0.29, 0.717) is 12.2 Å². The van der Waals surface area contributed by atoms with Gasteiger partial charge in [0.25, 0.3) is 0 Å². The molecular weight excluding hydrogens is 342 g/mol. The third kappa shape index (κ3) is 4.03. The number of para-hydroxylation sites is 1. The quantitative estimate of drug-likeness (QED) is 0.499. The third-order valence-corrected chi connectivity index (χ3v) is 4.91. The molecule has 2 aromatic heterocycles. The standard InChI is InChI=1S/C20H27N5O2/c1-2-3-11-16-24-17-18(13-8-4-5-10-15(13)23-19(17)22)25(16)12-7-6-9-14(21)20(26)27/h4-5,8,10,14H,2-3,6-7,9,11-12,21H2,1H3,(H2,22,23)(H,26,27). The van der Waals surface area contributed by atoms with Crippen LogP contribution in [0.4, 0.5) is 5.82 Å². The number of nitrogen functional groups attached to an aromatic ring is 1. The number of pyridine rings is 1. The summed E-state index contributed by atoms with van der Waals surface area (Å²) in [5.41, 5.74) is 14.4. The van der Waals surface area contributed by atoms with Gasteiger partial charge in [-0.2, -0.15) is 0 Å². The van der Waals surface area contributed by atoms with Crippen molar-refractivity contribution in [2.45, 2.75) is 58.0 Å². The number of hydrogen-bond donors (Lipinski definition) is 3. The number of nitrogens with zero attached hydrogens (tertiary/aromatic N) is 3. The van der Waals surface area contributed by atoms with Crippen LogP contribution in [0.5, 0.6) is 0 Å². The molecule has 0 fully saturated rings. The molecule has 27 heavy (non-hydrogen) atoms. The highest BCUT2D eigenvalue weighted by Crippen LogP contribution is 2.29. The van der Waals surface area contributed by atoms with E-state index in [0.717, 1.165) is 66.4 Å². The van der Waals surface area contributed by atoms with E-state index in [1.165, 1.54) is 0 Å². The van der Waals surface area contributed by atoms with Gasteiger partial charge >= 0.3 is 5.97 Å². The maximum atomic E-state index is 10.9. The van der Waals surface area contributed by atoms with Gasteiger partial charge in [0.2, 0.25) is 0 Å². The molecule has 7 nitrogen and oxygen atoms in total. The normalized spacial score (nSPS) is 12.7. The summed E-state index contributed by atoms with van der Waals surface area (Å²) in [7, 11) is 0. The van der Waals surface area contributed by atoms with Crippen molar-refractivity contribution in [3.63, 3.8) is 0 Å². The Morgan fingerprint density at radius 2 is 2.00 bits per heavy atom. The highest BCUT2D eigenvalue weighted by atomic mass is 16.4. The number of carboxylic acid groups (broad SMARTS) is 1. The Bertz CT molecular complexity index is 950. The molecule has 0 amide bonds. The van der Waals surface area contributed by atoms with Gasteiger partial charge in [0.1, 0.15) is 17.4 Å². The molecule has 1 atom stereocenters. The van der Waals surface area contributed by atoms with E-state index >= 15 is 0 Å². The lowest BCUT2D eigenvalue weighted by atomic mass is 10.1. The number of aryl methyl sites for hydroxylation is 2. The van der Waals surface area contributed by atoms with Crippen molar-refractivity contribution in [3.05, 3.63) is 30.1 Å². The fraction of sp³-hybridized carbons (Fsp3) is 0.450. The topological polar surface area (TPSA) is 120 Å². The van der Waals surface area contributed by atoms with Crippen LogP contribution >= 0.6 is 0 Å². The number of nitrogens with two attached hydrogens (primary N) is 2. The van der Waals surface area contributed by atoms with Crippen molar-refractivity contribution in [2.75, 3.05) is 5.73 Å². The van der Waals surface area contributed by atoms with E-state index in [9.17, 15) is 4.79 Å². The summed E-state index contributed by atoms with van der Waals surface area (Å²) < 4.78 is 2.23. The predicted octanol–water partition coefficient (Wildman–Crippen LogP) is 3.09. The second kappa shape index (κ2) is 8.35. The van der Waals surface area contributed by atoms with Crippen LogP contribution in [0.1, 0.15) is 44.9 Å². The Labute approximate surface area is 158 Å². The van der Waals surface area contributed by atoms with E-state index in [4.69, 9.17) is 21.6 Å². The van der Waals surface area contributed by atoms with Crippen molar-refractivity contribution < 1.29 is 9.90 Å². The summed E-state index contributed by atoms with van der Waals surface area (Å²) in [6.07, 6.45) is 5.08. The number of unbranched alkanes of at least 4 members (excludes halogenated alkanes) is 2. The number of aliphatic carboxylic acids is 1. The molecule has 7 heteroatoms. The second-order valence-electron chi connectivity index (χ2n) is 6.94. The Hall–Kier alpha value is -2.67. The maximum Gasteiger partial charge on any atom is 0.320 e. The molecule has 5 N–H and O–H groups in total. The van der Waals surface area contributed by atoms with Gasteiger partial charge in [0.05, 0.1) is 11.0 Å². The first kappa shape index (κ1) is 19.1. The van der Waals surface area contributed by atoms with Crippen LogP contribution in [0.2, 0.25) is 0 Å².